The van der Waals surface area contributed by atoms with Crippen LogP contribution in [0.25, 0.3) is 0 Å². The van der Waals surface area contributed by atoms with Crippen LogP contribution in [0.5, 0.6) is 0 Å². The number of hydrogen-bond donors (Lipinski definition) is 1. The number of sulfonamides is 1. The van der Waals surface area contributed by atoms with Gasteiger partial charge in [0, 0.05) is 19.1 Å². The van der Waals surface area contributed by atoms with Crippen LogP contribution in [0.1, 0.15) is 28.1 Å². The van der Waals surface area contributed by atoms with Crippen molar-refractivity contribution in [2.24, 2.45) is 0 Å². The largest absolute Gasteiger partial charge is 0.477 e. The standard InChI is InChI=1S/C13H20N2O4S2/c1-9-8-20-11(13(16)17)12(9)21(18,19)15-6-4-5-10(15)7-14(2)3/h8,10H,4-7H2,1-3H3,(H,16,17). The molecule has 1 fully saturated rings. The van der Waals surface area contributed by atoms with Crippen LogP contribution in [-0.4, -0.2) is 61.9 Å². The molecule has 0 aliphatic carbocycles. The van der Waals surface area contributed by atoms with Crippen molar-refractivity contribution in [3.8, 4) is 0 Å². The summed E-state index contributed by atoms with van der Waals surface area (Å²) in [5.41, 5.74) is 0.507. The third kappa shape index (κ3) is 3.13. The maximum atomic E-state index is 12.9. The van der Waals surface area contributed by atoms with E-state index < -0.39 is 16.0 Å². The quantitative estimate of drug-likeness (QED) is 0.883. The van der Waals surface area contributed by atoms with E-state index in [2.05, 4.69) is 0 Å². The van der Waals surface area contributed by atoms with E-state index in [4.69, 9.17) is 0 Å². The molecule has 118 valence electrons. The Labute approximate surface area is 129 Å². The van der Waals surface area contributed by atoms with Crippen molar-refractivity contribution in [2.75, 3.05) is 27.2 Å². The summed E-state index contributed by atoms with van der Waals surface area (Å²) in [7, 11) is 0.0486. The van der Waals surface area contributed by atoms with Gasteiger partial charge < -0.3 is 10.0 Å². The van der Waals surface area contributed by atoms with Crippen LogP contribution in [0, 0.1) is 6.92 Å². The van der Waals surface area contributed by atoms with E-state index >= 15 is 0 Å². The Kier molecular flexibility index (Phi) is 4.72. The predicted molar refractivity (Wildman–Crippen MR) is 81.5 cm³/mol. The van der Waals surface area contributed by atoms with Crippen molar-refractivity contribution in [3.05, 3.63) is 15.8 Å². The summed E-state index contributed by atoms with van der Waals surface area (Å²) in [6.07, 6.45) is 1.62. The van der Waals surface area contributed by atoms with Crippen LogP contribution in [0.2, 0.25) is 0 Å². The third-order valence-corrected chi connectivity index (χ3v) is 6.93. The molecule has 0 bridgehead atoms. The van der Waals surface area contributed by atoms with Crippen LogP contribution in [0.15, 0.2) is 10.3 Å². The van der Waals surface area contributed by atoms with Gasteiger partial charge in [-0.1, -0.05) is 0 Å². The zero-order chi connectivity index (χ0) is 15.8. The number of rotatable bonds is 5. The second-order valence-electron chi connectivity index (χ2n) is 5.56. The summed E-state index contributed by atoms with van der Waals surface area (Å²) in [6, 6.07) is -0.0917. The highest BCUT2D eigenvalue weighted by atomic mass is 32.2. The molecule has 0 saturated carbocycles. The average molecular weight is 332 g/mol. The van der Waals surface area contributed by atoms with Gasteiger partial charge in [-0.25, -0.2) is 13.2 Å². The zero-order valence-electron chi connectivity index (χ0n) is 12.4. The molecule has 1 aromatic heterocycles. The van der Waals surface area contributed by atoms with Crippen molar-refractivity contribution in [3.63, 3.8) is 0 Å². The summed E-state index contributed by atoms with van der Waals surface area (Å²) in [6.45, 7) is 2.74. The molecule has 8 heteroatoms. The normalized spacial score (nSPS) is 20.3. The first-order valence-electron chi connectivity index (χ1n) is 6.73. The molecule has 0 radical (unpaired) electrons. The van der Waals surface area contributed by atoms with Gasteiger partial charge in [-0.2, -0.15) is 4.31 Å². The fourth-order valence-electron chi connectivity index (χ4n) is 2.75. The number of carboxylic acids is 1. The number of carbonyl (C=O) groups is 1. The topological polar surface area (TPSA) is 77.9 Å². The van der Waals surface area contributed by atoms with Gasteiger partial charge >= 0.3 is 5.97 Å². The molecule has 2 rings (SSSR count). The molecule has 0 aromatic carbocycles. The highest BCUT2D eigenvalue weighted by molar-refractivity contribution is 7.89. The Hall–Kier alpha value is -0.960. The number of carboxylic acid groups (broad SMARTS) is 1. The lowest BCUT2D eigenvalue weighted by Gasteiger charge is -2.26. The molecular weight excluding hydrogens is 312 g/mol. The number of aryl methyl sites for hydroxylation is 1. The van der Waals surface area contributed by atoms with E-state index in [-0.39, 0.29) is 15.8 Å². The van der Waals surface area contributed by atoms with Crippen LogP contribution < -0.4 is 0 Å². The van der Waals surface area contributed by atoms with E-state index in [1.54, 1.807) is 12.3 Å². The smallest absolute Gasteiger partial charge is 0.347 e. The van der Waals surface area contributed by atoms with Gasteiger partial charge in [-0.15, -0.1) is 11.3 Å². The number of likely N-dealkylation sites (N-methyl/N-ethyl adjacent to an activating group) is 1. The summed E-state index contributed by atoms with van der Waals surface area (Å²) in [5.74, 6) is -1.19. The first kappa shape index (κ1) is 16.4. The van der Waals surface area contributed by atoms with Gasteiger partial charge in [0.15, 0.2) is 0 Å². The van der Waals surface area contributed by atoms with Gasteiger partial charge in [0.05, 0.1) is 0 Å². The second kappa shape index (κ2) is 6.04. The summed E-state index contributed by atoms with van der Waals surface area (Å²) in [5, 5.41) is 10.8. The molecule has 1 atom stereocenters. The molecule has 0 amide bonds. The number of thiophene rings is 1. The van der Waals surface area contributed by atoms with E-state index in [0.29, 0.717) is 18.7 Å². The van der Waals surface area contributed by atoms with Crippen molar-refractivity contribution in [1.29, 1.82) is 0 Å². The summed E-state index contributed by atoms with van der Waals surface area (Å²) in [4.78, 5) is 13.1. The Morgan fingerprint density at radius 1 is 1.52 bits per heavy atom. The molecule has 1 aliphatic heterocycles. The fraction of sp³-hybridized carbons (Fsp3) is 0.615. The zero-order valence-corrected chi connectivity index (χ0v) is 14.0. The summed E-state index contributed by atoms with van der Waals surface area (Å²) >= 11 is 0.969. The third-order valence-electron chi connectivity index (χ3n) is 3.58. The van der Waals surface area contributed by atoms with Gasteiger partial charge in [-0.3, -0.25) is 0 Å². The minimum Gasteiger partial charge on any atom is -0.477 e. The van der Waals surface area contributed by atoms with Gasteiger partial charge in [0.1, 0.15) is 9.77 Å². The van der Waals surface area contributed by atoms with Crippen molar-refractivity contribution in [2.45, 2.75) is 30.7 Å². The Morgan fingerprint density at radius 3 is 2.76 bits per heavy atom. The van der Waals surface area contributed by atoms with Crippen LogP contribution >= 0.6 is 11.3 Å². The fourth-order valence-corrected chi connectivity index (χ4v) is 6.02. The Morgan fingerprint density at radius 2 is 2.19 bits per heavy atom. The highest BCUT2D eigenvalue weighted by Crippen LogP contribution is 2.33. The molecule has 1 unspecified atom stereocenters. The SMILES string of the molecule is Cc1csc(C(=O)O)c1S(=O)(=O)N1CCCC1CN(C)C. The van der Waals surface area contributed by atoms with Crippen LogP contribution in [0.3, 0.4) is 0 Å². The maximum Gasteiger partial charge on any atom is 0.347 e. The number of aromatic carboxylic acids is 1. The van der Waals surface area contributed by atoms with E-state index in [9.17, 15) is 18.3 Å². The predicted octanol–water partition coefficient (Wildman–Crippen LogP) is 1.47. The molecule has 0 spiro atoms. The van der Waals surface area contributed by atoms with E-state index in [1.165, 1.54) is 4.31 Å². The van der Waals surface area contributed by atoms with Crippen LogP contribution in [-0.2, 0) is 10.0 Å². The minimum absolute atomic E-state index is 0.0364. The van der Waals surface area contributed by atoms with Gasteiger partial charge in [-0.05, 0) is 44.8 Å². The molecule has 2 heterocycles. The van der Waals surface area contributed by atoms with Crippen molar-refractivity contribution < 1.29 is 18.3 Å². The maximum absolute atomic E-state index is 12.9. The molecular formula is C13H20N2O4S2. The Bertz CT molecular complexity index is 637. The minimum atomic E-state index is -3.76. The first-order valence-corrected chi connectivity index (χ1v) is 9.05. The van der Waals surface area contributed by atoms with Crippen LogP contribution in [0.4, 0.5) is 0 Å². The van der Waals surface area contributed by atoms with E-state index in [0.717, 1.165) is 24.2 Å². The molecule has 1 saturated heterocycles. The average Bonchev–Trinajstić information content (AvgIpc) is 2.95. The Balaban J connectivity index is 2.42. The van der Waals surface area contributed by atoms with Crippen molar-refractivity contribution in [1.82, 2.24) is 9.21 Å². The molecule has 6 nitrogen and oxygen atoms in total. The first-order chi connectivity index (χ1) is 9.75. The number of hydrogen-bond acceptors (Lipinski definition) is 5. The summed E-state index contributed by atoms with van der Waals surface area (Å²) < 4.78 is 27.2. The lowest BCUT2D eigenvalue weighted by atomic mass is 10.2. The molecule has 1 N–H and O–H groups in total. The van der Waals surface area contributed by atoms with Gasteiger partial charge in [0.25, 0.3) is 0 Å². The molecule has 1 aliphatic rings. The lowest BCUT2D eigenvalue weighted by molar-refractivity contribution is 0.0698. The lowest BCUT2D eigenvalue weighted by Crippen LogP contribution is -2.41. The van der Waals surface area contributed by atoms with Gasteiger partial charge in [0.2, 0.25) is 10.0 Å². The molecule has 1 aromatic rings. The number of nitrogens with zero attached hydrogens (tertiary/aromatic N) is 2. The van der Waals surface area contributed by atoms with Crippen molar-refractivity contribution >= 4 is 27.3 Å². The highest BCUT2D eigenvalue weighted by Gasteiger charge is 2.39. The monoisotopic (exact) mass is 332 g/mol. The molecule has 21 heavy (non-hydrogen) atoms. The second-order valence-corrected chi connectivity index (χ2v) is 8.26. The van der Waals surface area contributed by atoms with E-state index in [1.807, 2.05) is 19.0 Å².